The Labute approximate surface area is 160 Å². The summed E-state index contributed by atoms with van der Waals surface area (Å²) in [5.74, 6) is 1.80. The van der Waals surface area contributed by atoms with Crippen molar-refractivity contribution in [3.63, 3.8) is 0 Å². The number of aromatic amines is 1. The lowest BCUT2D eigenvalue weighted by Crippen LogP contribution is -2.31. The van der Waals surface area contributed by atoms with Gasteiger partial charge in [-0.2, -0.15) is 0 Å². The van der Waals surface area contributed by atoms with Crippen LogP contribution in [0, 0.1) is 0 Å². The van der Waals surface area contributed by atoms with Crippen molar-refractivity contribution in [3.8, 4) is 17.2 Å². The highest BCUT2D eigenvalue weighted by atomic mass is 32.2. The van der Waals surface area contributed by atoms with Gasteiger partial charge in [-0.3, -0.25) is 9.59 Å². The number of hydrogen-bond donors (Lipinski definition) is 2. The van der Waals surface area contributed by atoms with Crippen LogP contribution in [0.5, 0.6) is 17.2 Å². The van der Waals surface area contributed by atoms with Crippen LogP contribution >= 0.6 is 11.8 Å². The van der Waals surface area contributed by atoms with E-state index in [0.29, 0.717) is 33.5 Å². The zero-order valence-corrected chi connectivity index (χ0v) is 16.4. The van der Waals surface area contributed by atoms with Crippen molar-refractivity contribution in [1.29, 1.82) is 0 Å². The third-order valence-electron chi connectivity index (χ3n) is 4.32. The number of nitrogens with zero attached hydrogens (tertiary/aromatic N) is 1. The number of rotatable bonds is 6. The van der Waals surface area contributed by atoms with Crippen LogP contribution in [-0.4, -0.2) is 43.0 Å². The summed E-state index contributed by atoms with van der Waals surface area (Å²) in [5, 5.41) is 3.18. The summed E-state index contributed by atoms with van der Waals surface area (Å²) in [4.78, 5) is 32.3. The lowest BCUT2D eigenvalue weighted by Gasteiger charge is -2.26. The minimum atomic E-state index is -0.513. The van der Waals surface area contributed by atoms with Crippen LogP contribution in [0.25, 0.3) is 0 Å². The highest BCUT2D eigenvalue weighted by Gasteiger charge is 2.33. The molecule has 0 saturated carbocycles. The van der Waals surface area contributed by atoms with Crippen molar-refractivity contribution in [2.75, 3.05) is 32.4 Å². The number of fused-ring (bicyclic) bond motifs is 1. The summed E-state index contributed by atoms with van der Waals surface area (Å²) in [6, 6.07) is 3.42. The first-order valence-electron chi connectivity index (χ1n) is 8.39. The van der Waals surface area contributed by atoms with Crippen molar-refractivity contribution in [3.05, 3.63) is 33.6 Å². The maximum absolute atomic E-state index is 12.8. The van der Waals surface area contributed by atoms with Crippen molar-refractivity contribution < 1.29 is 19.0 Å². The van der Waals surface area contributed by atoms with Crippen molar-refractivity contribution in [1.82, 2.24) is 9.97 Å². The van der Waals surface area contributed by atoms with E-state index < -0.39 is 5.92 Å². The monoisotopic (exact) mass is 391 g/mol. The molecule has 2 heterocycles. The van der Waals surface area contributed by atoms with E-state index in [1.54, 1.807) is 12.1 Å². The fourth-order valence-corrected chi connectivity index (χ4v) is 3.74. The Morgan fingerprint density at radius 1 is 1.11 bits per heavy atom. The van der Waals surface area contributed by atoms with E-state index in [0.717, 1.165) is 5.75 Å². The van der Waals surface area contributed by atoms with Crippen LogP contribution in [0.15, 0.2) is 22.1 Å². The number of amides is 1. The summed E-state index contributed by atoms with van der Waals surface area (Å²) < 4.78 is 16.2. The number of methoxy groups -OCH3 is 3. The van der Waals surface area contributed by atoms with Gasteiger partial charge in [-0.05, 0) is 11.8 Å². The standard InChI is InChI=1S/C18H21N3O5S/c1-5-27-18-20-16-15(17(23)21-18)10(7-14(22)19-16)9-6-12(25-3)13(26-4)8-11(9)24-2/h6,8,10H,5,7H2,1-4H3,(H2,19,20,21,22,23)/t10-/m0/s1. The van der Waals surface area contributed by atoms with E-state index >= 15 is 0 Å². The number of H-pyrrole nitrogens is 1. The molecule has 0 fully saturated rings. The molecule has 2 aromatic rings. The number of benzene rings is 1. The molecule has 0 spiro atoms. The summed E-state index contributed by atoms with van der Waals surface area (Å²) in [6.45, 7) is 1.96. The molecular weight excluding hydrogens is 370 g/mol. The summed E-state index contributed by atoms with van der Waals surface area (Å²) in [7, 11) is 4.58. The van der Waals surface area contributed by atoms with Gasteiger partial charge >= 0.3 is 0 Å². The summed E-state index contributed by atoms with van der Waals surface area (Å²) >= 11 is 1.40. The third-order valence-corrected chi connectivity index (χ3v) is 5.08. The van der Waals surface area contributed by atoms with Crippen LogP contribution < -0.4 is 25.1 Å². The smallest absolute Gasteiger partial charge is 0.257 e. The Bertz CT molecular complexity index is 928. The Morgan fingerprint density at radius 2 is 1.78 bits per heavy atom. The van der Waals surface area contributed by atoms with E-state index in [1.807, 2.05) is 6.92 Å². The lowest BCUT2D eigenvalue weighted by molar-refractivity contribution is -0.116. The van der Waals surface area contributed by atoms with E-state index in [2.05, 4.69) is 15.3 Å². The number of aromatic nitrogens is 2. The number of thioether (sulfide) groups is 1. The number of anilines is 1. The van der Waals surface area contributed by atoms with Crippen molar-refractivity contribution in [2.24, 2.45) is 0 Å². The molecule has 0 unspecified atom stereocenters. The van der Waals surface area contributed by atoms with Crippen LogP contribution in [0.4, 0.5) is 5.82 Å². The predicted molar refractivity (Wildman–Crippen MR) is 102 cm³/mol. The van der Waals surface area contributed by atoms with Gasteiger partial charge in [0.2, 0.25) is 5.91 Å². The van der Waals surface area contributed by atoms with Crippen LogP contribution in [-0.2, 0) is 4.79 Å². The van der Waals surface area contributed by atoms with Crippen LogP contribution in [0.2, 0.25) is 0 Å². The molecule has 1 atom stereocenters. The molecule has 1 aliphatic heterocycles. The van der Waals surface area contributed by atoms with E-state index in [4.69, 9.17) is 14.2 Å². The van der Waals surface area contributed by atoms with Gasteiger partial charge in [0.05, 0.1) is 26.9 Å². The average Bonchev–Trinajstić information content (AvgIpc) is 2.66. The third kappa shape index (κ3) is 3.59. The first-order valence-corrected chi connectivity index (χ1v) is 9.37. The molecule has 1 aromatic carbocycles. The maximum Gasteiger partial charge on any atom is 0.257 e. The largest absolute Gasteiger partial charge is 0.496 e. The average molecular weight is 391 g/mol. The molecule has 0 aliphatic carbocycles. The van der Waals surface area contributed by atoms with Crippen molar-refractivity contribution in [2.45, 2.75) is 24.4 Å². The lowest BCUT2D eigenvalue weighted by atomic mass is 9.86. The fraction of sp³-hybridized carbons (Fsp3) is 0.389. The number of carbonyl (C=O) groups is 1. The van der Waals surface area contributed by atoms with Crippen molar-refractivity contribution >= 4 is 23.5 Å². The van der Waals surface area contributed by atoms with E-state index in [1.165, 1.54) is 33.1 Å². The molecule has 1 amide bonds. The van der Waals surface area contributed by atoms with Crippen LogP contribution in [0.3, 0.4) is 0 Å². The zero-order valence-electron chi connectivity index (χ0n) is 15.5. The van der Waals surface area contributed by atoms with Gasteiger partial charge in [-0.25, -0.2) is 4.98 Å². The van der Waals surface area contributed by atoms with Gasteiger partial charge in [-0.15, -0.1) is 0 Å². The number of carbonyl (C=O) groups excluding carboxylic acids is 1. The topological polar surface area (TPSA) is 103 Å². The first-order chi connectivity index (χ1) is 13.0. The first kappa shape index (κ1) is 19.1. The SMILES string of the molecule is CCSc1nc2c(c(=O)[nH]1)[C@H](c1cc(OC)c(OC)cc1OC)CC(=O)N2. The minimum absolute atomic E-state index is 0.101. The van der Waals surface area contributed by atoms with Gasteiger partial charge in [0, 0.05) is 24.0 Å². The zero-order chi connectivity index (χ0) is 19.6. The molecule has 0 bridgehead atoms. The Hall–Kier alpha value is -2.68. The van der Waals surface area contributed by atoms with E-state index in [9.17, 15) is 9.59 Å². The second-order valence-corrected chi connectivity index (χ2v) is 7.07. The molecule has 144 valence electrons. The quantitative estimate of drug-likeness (QED) is 0.576. The predicted octanol–water partition coefficient (Wildman–Crippen LogP) is 2.38. The van der Waals surface area contributed by atoms with Gasteiger partial charge in [0.1, 0.15) is 11.6 Å². The normalized spacial score (nSPS) is 15.7. The van der Waals surface area contributed by atoms with Gasteiger partial charge in [0.25, 0.3) is 5.56 Å². The highest BCUT2D eigenvalue weighted by molar-refractivity contribution is 7.99. The molecule has 2 N–H and O–H groups in total. The second-order valence-electron chi connectivity index (χ2n) is 5.82. The van der Waals surface area contributed by atoms with Gasteiger partial charge in [0.15, 0.2) is 16.7 Å². The van der Waals surface area contributed by atoms with Gasteiger partial charge < -0.3 is 24.5 Å². The molecule has 1 aliphatic rings. The molecule has 3 rings (SSSR count). The molecule has 27 heavy (non-hydrogen) atoms. The van der Waals surface area contributed by atoms with Gasteiger partial charge in [-0.1, -0.05) is 18.7 Å². The maximum atomic E-state index is 12.8. The Morgan fingerprint density at radius 3 is 2.41 bits per heavy atom. The highest BCUT2D eigenvalue weighted by Crippen LogP contribution is 2.43. The molecular formula is C18H21N3O5S. The Balaban J connectivity index is 2.19. The molecule has 0 radical (unpaired) electrons. The molecule has 8 nitrogen and oxygen atoms in total. The summed E-state index contributed by atoms with van der Waals surface area (Å²) in [5.41, 5.74) is 0.785. The van der Waals surface area contributed by atoms with Crippen LogP contribution in [0.1, 0.15) is 30.4 Å². The summed E-state index contributed by atoms with van der Waals surface area (Å²) in [6.07, 6.45) is 0.101. The number of ether oxygens (including phenoxy) is 3. The molecule has 9 heteroatoms. The number of nitrogens with one attached hydrogen (secondary N) is 2. The number of hydrogen-bond acceptors (Lipinski definition) is 7. The Kier molecular flexibility index (Phi) is 5.59. The minimum Gasteiger partial charge on any atom is -0.496 e. The molecule has 1 aromatic heterocycles. The van der Waals surface area contributed by atoms with E-state index in [-0.39, 0.29) is 23.7 Å². The fourth-order valence-electron chi connectivity index (χ4n) is 3.15. The molecule has 0 saturated heterocycles. The second kappa shape index (κ2) is 7.91.